The Kier molecular flexibility index (Phi) is 7.15. The van der Waals surface area contributed by atoms with Crippen LogP contribution < -0.4 is 0 Å². The molecule has 0 aromatic carbocycles. The number of halogens is 3. The molecular weight excluding hydrogens is 454 g/mol. The van der Waals surface area contributed by atoms with Crippen LogP contribution in [0.1, 0.15) is 6.92 Å². The van der Waals surface area contributed by atoms with E-state index in [2.05, 4.69) is 15.9 Å². The Morgan fingerprint density at radius 1 is 1.67 bits per heavy atom. The van der Waals surface area contributed by atoms with Gasteiger partial charge in [-0.1, -0.05) is 0 Å². The number of aliphatic carboxylic acids is 1. The average molecular weight is 461 g/mol. The van der Waals surface area contributed by atoms with Crippen molar-refractivity contribution in [2.45, 2.75) is 13.0 Å². The highest BCUT2D eigenvalue weighted by molar-refractivity contribution is 14.1. The maximum absolute atomic E-state index is 10.6. The van der Waals surface area contributed by atoms with Gasteiger partial charge in [-0.2, -0.15) is 0 Å². The van der Waals surface area contributed by atoms with E-state index < -0.39 is 12.1 Å². The fourth-order valence-corrected chi connectivity index (χ4v) is 1.46. The van der Waals surface area contributed by atoms with Crippen LogP contribution in [0.2, 0.25) is 0 Å². The second-order valence-corrected chi connectivity index (χ2v) is 6.30. The topological polar surface area (TPSA) is 46.5 Å². The van der Waals surface area contributed by atoms with E-state index in [1.807, 2.05) is 45.2 Å². The second kappa shape index (κ2) is 6.55. The Morgan fingerprint density at radius 2 is 2.17 bits per heavy atom. The molecule has 0 rings (SSSR count). The molecule has 0 fully saturated rings. The maximum atomic E-state index is 10.6. The second-order valence-electron chi connectivity index (χ2n) is 1.78. The fourth-order valence-electron chi connectivity index (χ4n) is 0.519. The number of hydrogen-bond acceptors (Lipinski definition) is 2. The Hall–Kier alpha value is 1.11. The minimum atomic E-state index is -0.963. The third kappa shape index (κ3) is 4.38. The largest absolute Gasteiger partial charge is 0.479 e. The van der Waals surface area contributed by atoms with E-state index in [0.717, 1.165) is 2.49 Å². The summed E-state index contributed by atoms with van der Waals surface area (Å²) in [6.45, 7) is 2.15. The van der Waals surface area contributed by atoms with E-state index >= 15 is 0 Å². The minimum Gasteiger partial charge on any atom is -0.479 e. The predicted molar refractivity (Wildman–Crippen MR) is 67.0 cm³/mol. The number of ether oxygens (including phenoxy) is 1. The van der Waals surface area contributed by atoms with Crippen LogP contribution in [-0.2, 0) is 9.53 Å². The summed E-state index contributed by atoms with van der Waals surface area (Å²) in [7, 11) is 0. The van der Waals surface area contributed by atoms with Crippen molar-refractivity contribution in [3.63, 3.8) is 0 Å². The molecular formula is C6H7BrI2O3. The molecule has 0 aromatic rings. The van der Waals surface area contributed by atoms with Crippen LogP contribution in [0.25, 0.3) is 0 Å². The van der Waals surface area contributed by atoms with Gasteiger partial charge in [-0.15, -0.1) is 0 Å². The average Bonchev–Trinajstić information content (AvgIpc) is 1.98. The standard InChI is InChI=1S/C6H7BrI2O3/c1-2-12-4(6(10)11)3(8)5(7)9/h4H,2H2,1H3,(H,10,11). The summed E-state index contributed by atoms with van der Waals surface area (Å²) in [4.78, 5) is 10.6. The van der Waals surface area contributed by atoms with E-state index in [-0.39, 0.29) is 0 Å². The Labute approximate surface area is 106 Å². The van der Waals surface area contributed by atoms with E-state index in [1.54, 1.807) is 6.92 Å². The van der Waals surface area contributed by atoms with Gasteiger partial charge < -0.3 is 9.84 Å². The van der Waals surface area contributed by atoms with Crippen LogP contribution in [0.3, 0.4) is 0 Å². The molecule has 0 bridgehead atoms. The van der Waals surface area contributed by atoms with Crippen molar-refractivity contribution in [3.05, 3.63) is 6.07 Å². The quantitative estimate of drug-likeness (QED) is 0.656. The van der Waals surface area contributed by atoms with Crippen molar-refractivity contribution < 1.29 is 14.6 Å². The number of carboxylic acid groups (broad SMARTS) is 1. The highest BCUT2D eigenvalue weighted by Crippen LogP contribution is 2.28. The monoisotopic (exact) mass is 460 g/mol. The fraction of sp³-hybridized carbons (Fsp3) is 0.500. The molecule has 0 aliphatic carbocycles. The number of hydrogen-bond donors (Lipinski definition) is 1. The van der Waals surface area contributed by atoms with Crippen molar-refractivity contribution >= 4 is 67.1 Å². The molecule has 0 radical (unpaired) electrons. The van der Waals surface area contributed by atoms with E-state index in [1.165, 1.54) is 0 Å². The van der Waals surface area contributed by atoms with Gasteiger partial charge in [0.25, 0.3) is 0 Å². The molecule has 0 saturated heterocycles. The zero-order valence-corrected chi connectivity index (χ0v) is 12.1. The molecule has 0 aromatic heterocycles. The molecule has 1 unspecified atom stereocenters. The summed E-state index contributed by atoms with van der Waals surface area (Å²) < 4.78 is 6.45. The number of carboxylic acids is 1. The third-order valence-corrected chi connectivity index (χ3v) is 4.85. The van der Waals surface area contributed by atoms with Gasteiger partial charge in [-0.25, -0.2) is 4.79 Å². The molecule has 1 atom stereocenters. The summed E-state index contributed by atoms with van der Waals surface area (Å²) in [5.74, 6) is -0.963. The van der Waals surface area contributed by atoms with Crippen LogP contribution in [0.15, 0.2) is 6.07 Å². The molecule has 6 heteroatoms. The molecule has 0 amide bonds. The van der Waals surface area contributed by atoms with Gasteiger partial charge >= 0.3 is 5.97 Å². The molecule has 0 spiro atoms. The zero-order valence-electron chi connectivity index (χ0n) is 6.18. The van der Waals surface area contributed by atoms with E-state index in [9.17, 15) is 4.79 Å². The smallest absolute Gasteiger partial charge is 0.338 e. The molecule has 3 nitrogen and oxygen atoms in total. The van der Waals surface area contributed by atoms with Crippen molar-refractivity contribution in [1.29, 1.82) is 0 Å². The highest BCUT2D eigenvalue weighted by Gasteiger charge is 2.22. The van der Waals surface area contributed by atoms with Crippen LogP contribution in [0.4, 0.5) is 0 Å². The van der Waals surface area contributed by atoms with Gasteiger partial charge in [0, 0.05) is 6.61 Å². The van der Waals surface area contributed by atoms with Crippen molar-refractivity contribution in [3.8, 4) is 0 Å². The summed E-state index contributed by atoms with van der Waals surface area (Å²) in [5.41, 5.74) is 0. The first kappa shape index (κ1) is 13.1. The molecule has 12 heavy (non-hydrogen) atoms. The summed E-state index contributed by atoms with van der Waals surface area (Å²) >= 11 is 7.15. The van der Waals surface area contributed by atoms with E-state index in [0.29, 0.717) is 10.2 Å². The molecule has 0 heterocycles. The molecule has 1 N–H and O–H groups in total. The molecule has 0 saturated carbocycles. The van der Waals surface area contributed by atoms with Crippen LogP contribution in [0, 0.1) is 0 Å². The van der Waals surface area contributed by atoms with Gasteiger partial charge in [0.1, 0.15) is 0 Å². The lowest BCUT2D eigenvalue weighted by Crippen LogP contribution is -2.24. The highest BCUT2D eigenvalue weighted by atomic mass is 127. The first-order chi connectivity index (χ1) is 5.50. The Bertz CT molecular complexity index is 201. The van der Waals surface area contributed by atoms with Gasteiger partial charge in [0.2, 0.25) is 0 Å². The number of carbonyl (C=O) groups is 1. The van der Waals surface area contributed by atoms with Crippen LogP contribution in [-0.4, -0.2) is 23.8 Å². The van der Waals surface area contributed by atoms with Gasteiger partial charge in [0.15, 0.2) is 6.10 Å². The van der Waals surface area contributed by atoms with Gasteiger partial charge in [-0.3, -0.25) is 0 Å². The first-order valence-corrected chi connectivity index (χ1v) is 6.00. The third-order valence-electron chi connectivity index (χ3n) is 0.968. The summed E-state index contributed by atoms with van der Waals surface area (Å²) in [6, 6.07) is 0. The first-order valence-electron chi connectivity index (χ1n) is 3.05. The number of rotatable bonds is 4. The lowest BCUT2D eigenvalue weighted by Gasteiger charge is -2.11. The van der Waals surface area contributed by atoms with Crippen LogP contribution in [0.5, 0.6) is 0 Å². The minimum absolute atomic E-state index is 0.389. The van der Waals surface area contributed by atoms with Crippen molar-refractivity contribution in [1.82, 2.24) is 0 Å². The summed E-state index contributed by atoms with van der Waals surface area (Å²) in [6.07, 6.45) is -0.845. The molecule has 0 aliphatic rings. The van der Waals surface area contributed by atoms with Gasteiger partial charge in [-0.05, 0) is 68.0 Å². The van der Waals surface area contributed by atoms with Crippen molar-refractivity contribution in [2.24, 2.45) is 0 Å². The lowest BCUT2D eigenvalue weighted by molar-refractivity contribution is -0.146. The predicted octanol–water partition coefficient (Wildman–Crippen LogP) is 2.91. The Balaban J connectivity index is 4.52. The maximum Gasteiger partial charge on any atom is 0.338 e. The zero-order chi connectivity index (χ0) is 9.72. The molecule has 70 valence electrons. The van der Waals surface area contributed by atoms with Gasteiger partial charge in [0.05, 0.1) is 6.07 Å². The summed E-state index contributed by atoms with van der Waals surface area (Å²) in [5, 5.41) is 8.74. The van der Waals surface area contributed by atoms with Crippen molar-refractivity contribution in [2.75, 3.05) is 6.61 Å². The van der Waals surface area contributed by atoms with Crippen LogP contribution >= 0.6 is 61.1 Å². The SMILES string of the molecule is CCOC(C(=O)O)C(I)=C(Br)I. The Morgan fingerprint density at radius 3 is 2.42 bits per heavy atom. The normalized spacial score (nSPS) is 15.3. The lowest BCUT2D eigenvalue weighted by atomic mass is 10.3. The van der Waals surface area contributed by atoms with E-state index in [4.69, 9.17) is 9.84 Å². The molecule has 0 aliphatic heterocycles.